The molecule has 0 atom stereocenters. The van der Waals surface area contributed by atoms with Gasteiger partial charge in [-0.1, -0.05) is 23.9 Å². The fourth-order valence-corrected chi connectivity index (χ4v) is 4.75. The standard InChI is InChI=1S/C20H20N2O4S2/c1-11-12(2)28-20-18(11)19(21-13(3)22-20)27-10-17(24)26-9-15(23)14-7-5-6-8-16(14)25-4/h5-8H,9-10H2,1-4H3. The number of para-hydroxylation sites is 1. The van der Waals surface area contributed by atoms with Gasteiger partial charge in [0.15, 0.2) is 6.61 Å². The molecule has 0 saturated carbocycles. The molecule has 0 aliphatic heterocycles. The lowest BCUT2D eigenvalue weighted by Gasteiger charge is -2.08. The highest BCUT2D eigenvalue weighted by atomic mass is 32.2. The van der Waals surface area contributed by atoms with Gasteiger partial charge in [0.05, 0.1) is 18.4 Å². The summed E-state index contributed by atoms with van der Waals surface area (Å²) in [7, 11) is 1.49. The molecule has 0 aliphatic rings. The zero-order chi connectivity index (χ0) is 20.3. The number of carbonyl (C=O) groups excluding carboxylic acids is 2. The van der Waals surface area contributed by atoms with Crippen LogP contribution in [0.2, 0.25) is 0 Å². The van der Waals surface area contributed by atoms with E-state index in [0.717, 1.165) is 20.8 Å². The lowest BCUT2D eigenvalue weighted by atomic mass is 10.1. The number of thioether (sulfide) groups is 1. The maximum Gasteiger partial charge on any atom is 0.316 e. The number of aromatic nitrogens is 2. The van der Waals surface area contributed by atoms with E-state index in [0.29, 0.717) is 17.1 Å². The van der Waals surface area contributed by atoms with Crippen molar-refractivity contribution in [3.63, 3.8) is 0 Å². The Labute approximate surface area is 171 Å². The zero-order valence-electron chi connectivity index (χ0n) is 16.1. The Bertz CT molecular complexity index is 1050. The molecule has 0 saturated heterocycles. The predicted molar refractivity (Wildman–Crippen MR) is 111 cm³/mol. The monoisotopic (exact) mass is 416 g/mol. The number of fused-ring (bicyclic) bond motifs is 1. The number of benzene rings is 1. The smallest absolute Gasteiger partial charge is 0.316 e. The fraction of sp³-hybridized carbons (Fsp3) is 0.300. The van der Waals surface area contributed by atoms with Gasteiger partial charge in [0, 0.05) is 10.3 Å². The van der Waals surface area contributed by atoms with Gasteiger partial charge in [-0.15, -0.1) is 11.3 Å². The molecule has 3 aromatic rings. The van der Waals surface area contributed by atoms with Crippen LogP contribution in [0.5, 0.6) is 5.75 Å². The van der Waals surface area contributed by atoms with Gasteiger partial charge in [0.1, 0.15) is 21.4 Å². The van der Waals surface area contributed by atoms with E-state index in [1.165, 1.54) is 23.7 Å². The SMILES string of the molecule is COc1ccccc1C(=O)COC(=O)CSc1nc(C)nc2sc(C)c(C)c12. The molecule has 0 spiro atoms. The zero-order valence-corrected chi connectivity index (χ0v) is 17.7. The Balaban J connectivity index is 1.64. The molecule has 3 rings (SSSR count). The van der Waals surface area contributed by atoms with E-state index >= 15 is 0 Å². The summed E-state index contributed by atoms with van der Waals surface area (Å²) in [5, 5.41) is 1.74. The molecule has 8 heteroatoms. The maximum atomic E-state index is 12.3. The number of hydrogen-bond acceptors (Lipinski definition) is 8. The molecule has 0 amide bonds. The van der Waals surface area contributed by atoms with Crippen molar-refractivity contribution >= 4 is 45.1 Å². The summed E-state index contributed by atoms with van der Waals surface area (Å²) in [6.07, 6.45) is 0. The summed E-state index contributed by atoms with van der Waals surface area (Å²) in [5.41, 5.74) is 1.52. The number of carbonyl (C=O) groups is 2. The quantitative estimate of drug-likeness (QED) is 0.248. The van der Waals surface area contributed by atoms with Crippen molar-refractivity contribution in [3.05, 3.63) is 46.1 Å². The van der Waals surface area contributed by atoms with Crippen LogP contribution >= 0.6 is 23.1 Å². The van der Waals surface area contributed by atoms with Gasteiger partial charge in [0.25, 0.3) is 0 Å². The molecule has 0 N–H and O–H groups in total. The van der Waals surface area contributed by atoms with Crippen molar-refractivity contribution in [2.45, 2.75) is 25.8 Å². The van der Waals surface area contributed by atoms with Crippen LogP contribution in [-0.2, 0) is 9.53 Å². The van der Waals surface area contributed by atoms with E-state index in [-0.39, 0.29) is 18.1 Å². The molecule has 1 aromatic carbocycles. The first-order chi connectivity index (χ1) is 13.4. The number of nitrogens with zero attached hydrogens (tertiary/aromatic N) is 2. The number of aryl methyl sites for hydroxylation is 3. The molecule has 0 fully saturated rings. The van der Waals surface area contributed by atoms with Crippen molar-refractivity contribution < 1.29 is 19.1 Å². The minimum Gasteiger partial charge on any atom is -0.496 e. The van der Waals surface area contributed by atoms with Crippen LogP contribution in [0.1, 0.15) is 26.6 Å². The number of ether oxygens (including phenoxy) is 2. The summed E-state index contributed by atoms with van der Waals surface area (Å²) < 4.78 is 10.3. The van der Waals surface area contributed by atoms with Gasteiger partial charge < -0.3 is 9.47 Å². The second-order valence-electron chi connectivity index (χ2n) is 6.11. The first-order valence-electron chi connectivity index (χ1n) is 8.59. The third kappa shape index (κ3) is 4.34. The third-order valence-electron chi connectivity index (χ3n) is 4.21. The van der Waals surface area contributed by atoms with E-state index in [1.807, 2.05) is 20.8 Å². The predicted octanol–water partition coefficient (Wildman–Crippen LogP) is 4.14. The Morgan fingerprint density at radius 3 is 2.64 bits per heavy atom. The molecular formula is C20H20N2O4S2. The van der Waals surface area contributed by atoms with Gasteiger partial charge >= 0.3 is 5.97 Å². The van der Waals surface area contributed by atoms with E-state index in [4.69, 9.17) is 9.47 Å². The minimum absolute atomic E-state index is 0.0685. The van der Waals surface area contributed by atoms with Crippen LogP contribution in [0.25, 0.3) is 10.2 Å². The van der Waals surface area contributed by atoms with E-state index in [2.05, 4.69) is 9.97 Å². The molecular weight excluding hydrogens is 396 g/mol. The second kappa shape index (κ2) is 8.70. The number of methoxy groups -OCH3 is 1. The van der Waals surface area contributed by atoms with Crippen molar-refractivity contribution in [3.8, 4) is 5.75 Å². The fourth-order valence-electron chi connectivity index (χ4n) is 2.69. The molecule has 0 unspecified atom stereocenters. The molecule has 0 radical (unpaired) electrons. The average Bonchev–Trinajstić information content (AvgIpc) is 2.97. The number of hydrogen-bond donors (Lipinski definition) is 0. The summed E-state index contributed by atoms with van der Waals surface area (Å²) >= 11 is 2.92. The first kappa shape index (κ1) is 20.3. The Kier molecular flexibility index (Phi) is 6.31. The van der Waals surface area contributed by atoms with Gasteiger partial charge in [0.2, 0.25) is 5.78 Å². The van der Waals surface area contributed by atoms with Gasteiger partial charge in [-0.25, -0.2) is 9.97 Å². The molecule has 28 heavy (non-hydrogen) atoms. The van der Waals surface area contributed by atoms with Gasteiger partial charge in [-0.2, -0.15) is 0 Å². The first-order valence-corrected chi connectivity index (χ1v) is 10.4. The largest absolute Gasteiger partial charge is 0.496 e. The highest BCUT2D eigenvalue weighted by Crippen LogP contribution is 2.35. The molecule has 2 aromatic heterocycles. The van der Waals surface area contributed by atoms with Crippen LogP contribution in [0.15, 0.2) is 29.3 Å². The van der Waals surface area contributed by atoms with Gasteiger partial charge in [-0.05, 0) is 38.5 Å². The van der Waals surface area contributed by atoms with Crippen LogP contribution in [0, 0.1) is 20.8 Å². The van der Waals surface area contributed by atoms with E-state index < -0.39 is 5.97 Å². The van der Waals surface area contributed by atoms with Crippen LogP contribution in [0.4, 0.5) is 0 Å². The normalized spacial score (nSPS) is 10.9. The second-order valence-corrected chi connectivity index (χ2v) is 8.28. The number of rotatable bonds is 7. The lowest BCUT2D eigenvalue weighted by Crippen LogP contribution is -2.16. The molecule has 6 nitrogen and oxygen atoms in total. The van der Waals surface area contributed by atoms with Crippen LogP contribution < -0.4 is 4.74 Å². The van der Waals surface area contributed by atoms with Crippen molar-refractivity contribution in [1.82, 2.24) is 9.97 Å². The summed E-state index contributed by atoms with van der Waals surface area (Å²) in [6.45, 7) is 5.58. The molecule has 0 aliphatic carbocycles. The van der Waals surface area contributed by atoms with Crippen molar-refractivity contribution in [2.75, 3.05) is 19.5 Å². The number of thiophene rings is 1. The van der Waals surface area contributed by atoms with Crippen molar-refractivity contribution in [2.24, 2.45) is 0 Å². The highest BCUT2D eigenvalue weighted by Gasteiger charge is 2.17. The molecule has 2 heterocycles. The maximum absolute atomic E-state index is 12.3. The number of esters is 1. The van der Waals surface area contributed by atoms with Crippen molar-refractivity contribution in [1.29, 1.82) is 0 Å². The molecule has 0 bridgehead atoms. The number of ketones is 1. The summed E-state index contributed by atoms with van der Waals surface area (Å²) in [5.74, 6) is 0.415. The molecule has 146 valence electrons. The minimum atomic E-state index is -0.470. The Morgan fingerprint density at radius 1 is 1.14 bits per heavy atom. The average molecular weight is 417 g/mol. The third-order valence-corrected chi connectivity index (χ3v) is 6.26. The van der Waals surface area contributed by atoms with Crippen LogP contribution in [0.3, 0.4) is 0 Å². The van der Waals surface area contributed by atoms with E-state index in [1.54, 1.807) is 35.6 Å². The highest BCUT2D eigenvalue weighted by molar-refractivity contribution is 8.00. The Morgan fingerprint density at radius 2 is 1.89 bits per heavy atom. The number of Topliss-reactive ketones (excluding diaryl/α,β-unsaturated/α-hetero) is 1. The Hall–Kier alpha value is -2.45. The van der Waals surface area contributed by atoms with Crippen LogP contribution in [-0.4, -0.2) is 41.2 Å². The lowest BCUT2D eigenvalue weighted by molar-refractivity contribution is -0.139. The summed E-state index contributed by atoms with van der Waals surface area (Å²) in [6, 6.07) is 6.85. The van der Waals surface area contributed by atoms with Gasteiger partial charge in [-0.3, -0.25) is 9.59 Å². The topological polar surface area (TPSA) is 78.4 Å². The van der Waals surface area contributed by atoms with E-state index in [9.17, 15) is 9.59 Å². The summed E-state index contributed by atoms with van der Waals surface area (Å²) in [4.78, 5) is 35.5.